The van der Waals surface area contributed by atoms with Crippen LogP contribution in [-0.4, -0.2) is 36.4 Å². The molecule has 0 saturated heterocycles. The number of amides is 1. The second-order valence-electron chi connectivity index (χ2n) is 4.91. The van der Waals surface area contributed by atoms with Crippen molar-refractivity contribution in [1.29, 1.82) is 0 Å². The number of nitrogens with zero attached hydrogens (tertiary/aromatic N) is 1. The lowest BCUT2D eigenvalue weighted by Gasteiger charge is -2.06. The molecule has 9 heteroatoms. The predicted molar refractivity (Wildman–Crippen MR) is 97.3 cm³/mol. The molecule has 0 aliphatic rings. The Labute approximate surface area is 159 Å². The van der Waals surface area contributed by atoms with E-state index >= 15 is 0 Å². The molecule has 26 heavy (non-hydrogen) atoms. The molecule has 2 aromatic carbocycles. The van der Waals surface area contributed by atoms with Gasteiger partial charge in [-0.3, -0.25) is 4.79 Å². The average Bonchev–Trinajstić information content (AvgIpc) is 2.59. The Bertz CT molecular complexity index is 827. The maximum Gasteiger partial charge on any atom is 0.341 e. The number of carboxylic acids is 1. The van der Waals surface area contributed by atoms with E-state index in [9.17, 15) is 9.59 Å². The van der Waals surface area contributed by atoms with Crippen LogP contribution in [-0.2, 0) is 9.59 Å². The van der Waals surface area contributed by atoms with Crippen molar-refractivity contribution in [3.05, 3.63) is 58.1 Å². The van der Waals surface area contributed by atoms with E-state index < -0.39 is 18.5 Å². The number of ether oxygens (including phenoxy) is 2. The van der Waals surface area contributed by atoms with Crippen LogP contribution in [0.2, 0.25) is 10.0 Å². The number of benzene rings is 2. The van der Waals surface area contributed by atoms with Crippen molar-refractivity contribution < 1.29 is 24.2 Å². The van der Waals surface area contributed by atoms with Gasteiger partial charge < -0.3 is 14.6 Å². The van der Waals surface area contributed by atoms with E-state index in [0.717, 1.165) is 0 Å². The Morgan fingerprint density at radius 1 is 1.12 bits per heavy atom. The maximum atomic E-state index is 11.7. The Morgan fingerprint density at radius 3 is 2.62 bits per heavy atom. The van der Waals surface area contributed by atoms with Gasteiger partial charge in [0.15, 0.2) is 13.2 Å². The predicted octanol–water partition coefficient (Wildman–Crippen LogP) is 2.99. The maximum absolute atomic E-state index is 11.7. The smallest absolute Gasteiger partial charge is 0.341 e. The van der Waals surface area contributed by atoms with Gasteiger partial charge in [-0.15, -0.1) is 0 Å². The first-order chi connectivity index (χ1) is 12.4. The van der Waals surface area contributed by atoms with E-state index in [-0.39, 0.29) is 17.4 Å². The van der Waals surface area contributed by atoms with E-state index in [1.807, 2.05) is 0 Å². The Kier molecular flexibility index (Phi) is 7.25. The lowest BCUT2D eigenvalue weighted by Crippen LogP contribution is -2.24. The summed E-state index contributed by atoms with van der Waals surface area (Å²) in [5.74, 6) is -0.839. The van der Waals surface area contributed by atoms with Crippen LogP contribution in [0.15, 0.2) is 47.6 Å². The normalized spacial score (nSPS) is 10.5. The van der Waals surface area contributed by atoms with Gasteiger partial charge in [0.1, 0.15) is 11.5 Å². The van der Waals surface area contributed by atoms with E-state index in [4.69, 9.17) is 37.8 Å². The molecule has 0 unspecified atom stereocenters. The summed E-state index contributed by atoms with van der Waals surface area (Å²) < 4.78 is 10.3. The highest BCUT2D eigenvalue weighted by atomic mass is 35.5. The van der Waals surface area contributed by atoms with Crippen LogP contribution in [0.4, 0.5) is 0 Å². The SMILES string of the molecule is O=C(O)COc1ccc(/C=N/NC(=O)COc2cccc(Cl)c2)cc1Cl. The van der Waals surface area contributed by atoms with Crippen LogP contribution in [0.3, 0.4) is 0 Å². The summed E-state index contributed by atoms with van der Waals surface area (Å²) in [4.78, 5) is 22.1. The highest BCUT2D eigenvalue weighted by Crippen LogP contribution is 2.24. The van der Waals surface area contributed by atoms with Gasteiger partial charge in [0.2, 0.25) is 0 Å². The molecule has 0 heterocycles. The van der Waals surface area contributed by atoms with Crippen molar-refractivity contribution in [1.82, 2.24) is 5.43 Å². The van der Waals surface area contributed by atoms with Gasteiger partial charge in [0.05, 0.1) is 11.2 Å². The number of hydrogen-bond donors (Lipinski definition) is 2. The summed E-state index contributed by atoms with van der Waals surface area (Å²) in [7, 11) is 0. The fourth-order valence-electron chi connectivity index (χ4n) is 1.77. The molecule has 136 valence electrons. The minimum Gasteiger partial charge on any atom is -0.484 e. The van der Waals surface area contributed by atoms with Crippen LogP contribution in [0.5, 0.6) is 11.5 Å². The molecule has 0 atom stereocenters. The Hall–Kier alpha value is -2.77. The van der Waals surface area contributed by atoms with Gasteiger partial charge in [-0.25, -0.2) is 10.2 Å². The molecule has 0 aliphatic carbocycles. The molecule has 0 bridgehead atoms. The highest BCUT2D eigenvalue weighted by Gasteiger charge is 2.05. The summed E-state index contributed by atoms with van der Waals surface area (Å²) in [6.07, 6.45) is 1.38. The third-order valence-electron chi connectivity index (χ3n) is 2.88. The second-order valence-corrected chi connectivity index (χ2v) is 5.76. The minimum absolute atomic E-state index is 0.222. The molecule has 0 aromatic heterocycles. The number of carbonyl (C=O) groups excluding carboxylic acids is 1. The summed E-state index contributed by atoms with van der Waals surface area (Å²) in [6, 6.07) is 11.3. The van der Waals surface area contributed by atoms with Crippen LogP contribution in [0.1, 0.15) is 5.56 Å². The largest absolute Gasteiger partial charge is 0.484 e. The van der Waals surface area contributed by atoms with E-state index in [0.29, 0.717) is 16.3 Å². The van der Waals surface area contributed by atoms with Gasteiger partial charge in [-0.05, 0) is 42.0 Å². The Balaban J connectivity index is 1.82. The standard InChI is InChI=1S/C17H14Cl2N2O5/c18-12-2-1-3-13(7-12)25-9-16(22)21-20-8-11-4-5-15(14(19)6-11)26-10-17(23)24/h1-8H,9-10H2,(H,21,22)(H,23,24)/b20-8+. The zero-order chi connectivity index (χ0) is 18.9. The van der Waals surface area contributed by atoms with Gasteiger partial charge in [-0.2, -0.15) is 5.10 Å². The summed E-state index contributed by atoms with van der Waals surface area (Å²) in [6.45, 7) is -0.712. The van der Waals surface area contributed by atoms with E-state index in [1.165, 1.54) is 18.3 Å². The molecule has 2 N–H and O–H groups in total. The molecule has 0 fully saturated rings. The quantitative estimate of drug-likeness (QED) is 0.527. The first kappa shape index (κ1) is 19.6. The number of carboxylic acid groups (broad SMARTS) is 1. The zero-order valence-electron chi connectivity index (χ0n) is 13.3. The van der Waals surface area contributed by atoms with Crippen LogP contribution in [0, 0.1) is 0 Å². The van der Waals surface area contributed by atoms with E-state index in [2.05, 4.69) is 10.5 Å². The van der Waals surface area contributed by atoms with Crippen molar-refractivity contribution in [2.24, 2.45) is 5.10 Å². The fourth-order valence-corrected chi connectivity index (χ4v) is 2.19. The lowest BCUT2D eigenvalue weighted by molar-refractivity contribution is -0.139. The number of nitrogens with one attached hydrogen (secondary N) is 1. The number of hydrazone groups is 1. The van der Waals surface area contributed by atoms with Gasteiger partial charge in [0.25, 0.3) is 5.91 Å². The molecule has 1 amide bonds. The molecule has 0 spiro atoms. The van der Waals surface area contributed by atoms with Crippen molar-refractivity contribution >= 4 is 41.3 Å². The molecular formula is C17H14Cl2N2O5. The van der Waals surface area contributed by atoms with Crippen LogP contribution < -0.4 is 14.9 Å². The number of rotatable bonds is 8. The molecule has 0 saturated carbocycles. The first-order valence-corrected chi connectivity index (χ1v) is 8.04. The molecule has 2 aromatic rings. The third-order valence-corrected chi connectivity index (χ3v) is 3.41. The van der Waals surface area contributed by atoms with Crippen LogP contribution in [0.25, 0.3) is 0 Å². The average molecular weight is 397 g/mol. The van der Waals surface area contributed by atoms with E-state index in [1.54, 1.807) is 30.3 Å². The van der Waals surface area contributed by atoms with Crippen molar-refractivity contribution in [2.45, 2.75) is 0 Å². The summed E-state index contributed by atoms with van der Waals surface area (Å²) >= 11 is 11.8. The summed E-state index contributed by atoms with van der Waals surface area (Å²) in [5.41, 5.74) is 2.90. The number of hydrogen-bond acceptors (Lipinski definition) is 5. The Morgan fingerprint density at radius 2 is 1.92 bits per heavy atom. The van der Waals surface area contributed by atoms with Crippen molar-refractivity contribution in [3.63, 3.8) is 0 Å². The highest BCUT2D eigenvalue weighted by molar-refractivity contribution is 6.32. The lowest BCUT2D eigenvalue weighted by atomic mass is 10.2. The molecular weight excluding hydrogens is 383 g/mol. The molecule has 0 radical (unpaired) electrons. The molecule has 0 aliphatic heterocycles. The topological polar surface area (TPSA) is 97.2 Å². The third kappa shape index (κ3) is 6.62. The number of carbonyl (C=O) groups is 2. The molecule has 7 nitrogen and oxygen atoms in total. The van der Waals surface area contributed by atoms with Crippen LogP contribution >= 0.6 is 23.2 Å². The minimum atomic E-state index is -1.10. The van der Waals surface area contributed by atoms with Crippen molar-refractivity contribution in [3.8, 4) is 11.5 Å². The molecule has 2 rings (SSSR count). The summed E-state index contributed by atoms with van der Waals surface area (Å²) in [5, 5.41) is 13.1. The van der Waals surface area contributed by atoms with Crippen molar-refractivity contribution in [2.75, 3.05) is 13.2 Å². The number of aliphatic carboxylic acids is 1. The fraction of sp³-hybridized carbons (Fsp3) is 0.118. The van der Waals surface area contributed by atoms with Gasteiger partial charge >= 0.3 is 5.97 Å². The van der Waals surface area contributed by atoms with Gasteiger partial charge in [-0.1, -0.05) is 29.3 Å². The monoisotopic (exact) mass is 396 g/mol. The van der Waals surface area contributed by atoms with Gasteiger partial charge in [0, 0.05) is 5.02 Å². The number of halogens is 2. The second kappa shape index (κ2) is 9.65. The first-order valence-electron chi connectivity index (χ1n) is 7.28. The zero-order valence-corrected chi connectivity index (χ0v) is 14.8.